The Labute approximate surface area is 239 Å². The maximum atomic E-state index is 9.37. The van der Waals surface area contributed by atoms with E-state index in [-0.39, 0.29) is 5.41 Å². The van der Waals surface area contributed by atoms with Crippen LogP contribution in [0.2, 0.25) is 0 Å². The standard InChI is InChI=1S/C34H25N2PS2/c1-34(2)26-9-3-5-11-28(26)36(29-12-6-4-10-27(29)34)24-17-20-31-33(21-24)39-32-14-8-7-13-30(32)37(31,38)25-18-15-23(22-35)16-19-25/h3-21H,1-2H3. The summed E-state index contributed by atoms with van der Waals surface area (Å²) in [6.45, 7) is 4.63. The molecule has 2 heterocycles. The van der Waals surface area contributed by atoms with Crippen LogP contribution in [-0.2, 0) is 17.2 Å². The van der Waals surface area contributed by atoms with Crippen molar-refractivity contribution in [3.63, 3.8) is 0 Å². The van der Waals surface area contributed by atoms with Gasteiger partial charge in [-0.2, -0.15) is 5.26 Å². The maximum Gasteiger partial charge on any atom is 0.0991 e. The highest BCUT2D eigenvalue weighted by molar-refractivity contribution is 8.26. The Morgan fingerprint density at radius 2 is 1.31 bits per heavy atom. The molecule has 0 spiro atoms. The number of nitrogens with zero attached hydrogens (tertiary/aromatic N) is 2. The SMILES string of the molecule is CC1(C)c2ccccc2N(c2ccc3c(c2)Sc2ccccc2P3(=S)c2ccc(C#N)cc2)c2ccccc21. The molecule has 0 N–H and O–H groups in total. The van der Waals surface area contributed by atoms with Gasteiger partial charge in [-0.1, -0.05) is 104 Å². The van der Waals surface area contributed by atoms with Crippen LogP contribution in [-0.4, -0.2) is 0 Å². The van der Waals surface area contributed by atoms with Gasteiger partial charge in [0.2, 0.25) is 0 Å². The Bertz CT molecular complexity index is 1820. The molecule has 5 aromatic rings. The predicted octanol–water partition coefficient (Wildman–Crippen LogP) is 7.89. The fourth-order valence-electron chi connectivity index (χ4n) is 6.01. The first-order valence-corrected chi connectivity index (χ1v) is 16.6. The molecule has 2 nitrogen and oxygen atoms in total. The van der Waals surface area contributed by atoms with Gasteiger partial charge in [-0.25, -0.2) is 0 Å². The zero-order chi connectivity index (χ0) is 26.8. The smallest absolute Gasteiger partial charge is 0.0991 e. The van der Waals surface area contributed by atoms with Crippen LogP contribution in [0.1, 0.15) is 30.5 Å². The Morgan fingerprint density at radius 3 is 1.97 bits per heavy atom. The summed E-state index contributed by atoms with van der Waals surface area (Å²) in [7, 11) is 0. The monoisotopic (exact) mass is 556 g/mol. The molecule has 0 saturated heterocycles. The summed E-state index contributed by atoms with van der Waals surface area (Å²) in [5.41, 5.74) is 6.77. The van der Waals surface area contributed by atoms with Gasteiger partial charge in [-0.05, 0) is 65.0 Å². The predicted molar refractivity (Wildman–Crippen MR) is 168 cm³/mol. The van der Waals surface area contributed by atoms with Gasteiger partial charge in [-0.3, -0.25) is 0 Å². The molecule has 188 valence electrons. The topological polar surface area (TPSA) is 27.0 Å². The molecule has 39 heavy (non-hydrogen) atoms. The molecule has 0 radical (unpaired) electrons. The van der Waals surface area contributed by atoms with Gasteiger partial charge in [0, 0.05) is 37.5 Å². The zero-order valence-electron chi connectivity index (χ0n) is 21.6. The molecule has 0 saturated carbocycles. The second-order valence-corrected chi connectivity index (χ2v) is 15.9. The Morgan fingerprint density at radius 1 is 0.718 bits per heavy atom. The highest BCUT2D eigenvalue weighted by atomic mass is 32.4. The summed E-state index contributed by atoms with van der Waals surface area (Å²) < 4.78 is 0. The van der Waals surface area contributed by atoms with E-state index in [1.54, 1.807) is 0 Å². The summed E-state index contributed by atoms with van der Waals surface area (Å²) in [6, 6.07) is 40.7. The van der Waals surface area contributed by atoms with Crippen LogP contribution in [0.4, 0.5) is 17.1 Å². The lowest BCUT2D eigenvalue weighted by molar-refractivity contribution is 0.632. The van der Waals surface area contributed by atoms with E-state index in [0.717, 1.165) is 11.0 Å². The first-order valence-electron chi connectivity index (χ1n) is 12.9. The second kappa shape index (κ2) is 8.97. The Balaban J connectivity index is 1.44. The molecule has 0 bridgehead atoms. The second-order valence-electron chi connectivity index (χ2n) is 10.5. The molecule has 0 aliphatic carbocycles. The Hall–Kier alpha value is -3.61. The molecule has 0 aromatic heterocycles. The van der Waals surface area contributed by atoms with Crippen molar-refractivity contribution in [2.75, 3.05) is 4.90 Å². The van der Waals surface area contributed by atoms with Gasteiger partial charge >= 0.3 is 0 Å². The summed E-state index contributed by atoms with van der Waals surface area (Å²) in [5, 5.41) is 12.9. The quantitative estimate of drug-likeness (QED) is 0.203. The molecular formula is C34H25N2PS2. The van der Waals surface area contributed by atoms with E-state index >= 15 is 0 Å². The molecule has 0 fully saturated rings. The number of para-hydroxylation sites is 2. The van der Waals surface area contributed by atoms with Crippen molar-refractivity contribution in [1.82, 2.24) is 0 Å². The highest BCUT2D eigenvalue weighted by Crippen LogP contribution is 2.55. The van der Waals surface area contributed by atoms with Gasteiger partial charge in [0.1, 0.15) is 0 Å². The normalized spacial score (nSPS) is 18.2. The number of rotatable bonds is 2. The summed E-state index contributed by atoms with van der Waals surface area (Å²) in [5.74, 6) is 0. The number of fused-ring (bicyclic) bond motifs is 4. The molecule has 5 heteroatoms. The average Bonchev–Trinajstić information content (AvgIpc) is 2.97. The first-order chi connectivity index (χ1) is 18.9. The summed E-state index contributed by atoms with van der Waals surface area (Å²) in [6.07, 6.45) is 0. The maximum absolute atomic E-state index is 9.37. The lowest BCUT2D eigenvalue weighted by Crippen LogP contribution is -2.32. The number of benzene rings is 5. The average molecular weight is 557 g/mol. The molecule has 1 atom stereocenters. The lowest BCUT2D eigenvalue weighted by atomic mass is 9.73. The van der Waals surface area contributed by atoms with E-state index in [2.05, 4.69) is 128 Å². The molecule has 7 rings (SSSR count). The third kappa shape index (κ3) is 3.58. The van der Waals surface area contributed by atoms with Gasteiger partial charge in [0.05, 0.1) is 23.0 Å². The third-order valence-electron chi connectivity index (χ3n) is 7.96. The van der Waals surface area contributed by atoms with Crippen LogP contribution >= 0.6 is 17.8 Å². The summed E-state index contributed by atoms with van der Waals surface area (Å²) in [4.78, 5) is 4.83. The minimum Gasteiger partial charge on any atom is -0.310 e. The van der Waals surface area contributed by atoms with Crippen molar-refractivity contribution in [3.8, 4) is 6.07 Å². The van der Waals surface area contributed by atoms with Gasteiger partial charge in [0.25, 0.3) is 0 Å². The van der Waals surface area contributed by atoms with Crippen molar-refractivity contribution in [3.05, 3.63) is 132 Å². The van der Waals surface area contributed by atoms with Crippen molar-refractivity contribution in [1.29, 1.82) is 5.26 Å². The number of nitriles is 1. The van der Waals surface area contributed by atoms with Crippen LogP contribution in [0.5, 0.6) is 0 Å². The van der Waals surface area contributed by atoms with E-state index in [9.17, 15) is 5.26 Å². The minimum absolute atomic E-state index is 0.0948. The summed E-state index contributed by atoms with van der Waals surface area (Å²) >= 11 is 8.48. The first kappa shape index (κ1) is 24.4. The zero-order valence-corrected chi connectivity index (χ0v) is 24.2. The molecule has 0 amide bonds. The van der Waals surface area contributed by atoms with Gasteiger partial charge < -0.3 is 4.90 Å². The van der Waals surface area contributed by atoms with Crippen LogP contribution in [0.3, 0.4) is 0 Å². The van der Waals surface area contributed by atoms with Gasteiger partial charge in [0.15, 0.2) is 0 Å². The number of hydrogen-bond donors (Lipinski definition) is 0. The van der Waals surface area contributed by atoms with E-state index in [1.165, 1.54) is 42.9 Å². The number of hydrogen-bond acceptors (Lipinski definition) is 4. The van der Waals surface area contributed by atoms with Gasteiger partial charge in [-0.15, -0.1) is 0 Å². The lowest BCUT2D eigenvalue weighted by Gasteiger charge is -2.42. The van der Waals surface area contributed by atoms with E-state index in [4.69, 9.17) is 11.8 Å². The van der Waals surface area contributed by atoms with E-state index in [1.807, 2.05) is 23.9 Å². The largest absolute Gasteiger partial charge is 0.310 e. The van der Waals surface area contributed by atoms with Crippen LogP contribution in [0.25, 0.3) is 0 Å². The van der Waals surface area contributed by atoms with E-state index < -0.39 is 6.04 Å². The molecule has 5 aromatic carbocycles. The van der Waals surface area contributed by atoms with Crippen LogP contribution in [0, 0.1) is 11.3 Å². The third-order valence-corrected chi connectivity index (χ3v) is 14.4. The molecular weight excluding hydrogens is 531 g/mol. The fraction of sp³-hybridized carbons (Fsp3) is 0.0882. The minimum atomic E-state index is -2.30. The number of anilines is 3. The van der Waals surface area contributed by atoms with Crippen LogP contribution < -0.4 is 20.8 Å². The Kier molecular flexibility index (Phi) is 5.62. The van der Waals surface area contributed by atoms with Crippen molar-refractivity contribution in [2.45, 2.75) is 29.1 Å². The van der Waals surface area contributed by atoms with Crippen molar-refractivity contribution in [2.24, 2.45) is 0 Å². The molecule has 1 unspecified atom stereocenters. The molecule has 2 aliphatic heterocycles. The van der Waals surface area contributed by atoms with Crippen LogP contribution in [0.15, 0.2) is 125 Å². The fourth-order valence-corrected chi connectivity index (χ4v) is 12.4. The van der Waals surface area contributed by atoms with Crippen molar-refractivity contribution < 1.29 is 0 Å². The van der Waals surface area contributed by atoms with Crippen molar-refractivity contribution >= 4 is 62.6 Å². The highest BCUT2D eigenvalue weighted by Gasteiger charge is 2.38. The molecule has 2 aliphatic rings. The van der Waals surface area contributed by atoms with E-state index in [0.29, 0.717) is 5.56 Å².